The Kier molecular flexibility index (Phi) is 8.06. The van der Waals surface area contributed by atoms with Gasteiger partial charge in [0, 0.05) is 44.1 Å². The molecule has 0 saturated heterocycles. The summed E-state index contributed by atoms with van der Waals surface area (Å²) in [5.41, 5.74) is 2.27. The van der Waals surface area contributed by atoms with E-state index in [1.54, 1.807) is 45.4 Å². The number of carboxylic acids is 1. The first-order valence-corrected chi connectivity index (χ1v) is 11.8. The van der Waals surface area contributed by atoms with E-state index in [1.165, 1.54) is 16.8 Å². The van der Waals surface area contributed by atoms with Crippen molar-refractivity contribution in [2.45, 2.75) is 6.92 Å². The second kappa shape index (κ2) is 11.6. The van der Waals surface area contributed by atoms with Gasteiger partial charge in [-0.2, -0.15) is 15.3 Å². The number of hydrogen-bond acceptors (Lipinski definition) is 9. The van der Waals surface area contributed by atoms with Crippen LogP contribution in [0.4, 0.5) is 11.4 Å². The predicted molar refractivity (Wildman–Crippen MR) is 143 cm³/mol. The molecule has 0 radical (unpaired) electrons. The Balaban J connectivity index is 1.76. The van der Waals surface area contributed by atoms with Crippen LogP contribution in [0.2, 0.25) is 0 Å². The van der Waals surface area contributed by atoms with Crippen LogP contribution in [0.25, 0.3) is 11.3 Å². The van der Waals surface area contributed by atoms with E-state index in [0.29, 0.717) is 43.2 Å². The summed E-state index contributed by atoms with van der Waals surface area (Å²) in [4.78, 5) is 35.2. The number of rotatable bonds is 10. The van der Waals surface area contributed by atoms with Crippen LogP contribution in [0.1, 0.15) is 21.7 Å². The molecule has 0 fully saturated rings. The number of nitriles is 1. The first-order valence-electron chi connectivity index (χ1n) is 11.8. The lowest BCUT2D eigenvalue weighted by molar-refractivity contribution is 0.0697. The van der Waals surface area contributed by atoms with Gasteiger partial charge < -0.3 is 19.5 Å². The molecule has 1 aromatic heterocycles. The number of aromatic nitrogens is 2. The third-order valence-corrected chi connectivity index (χ3v) is 6.01. The molecule has 0 atom stereocenters. The van der Waals surface area contributed by atoms with Gasteiger partial charge in [0.2, 0.25) is 0 Å². The number of fused-ring (bicyclic) bond motifs is 1. The van der Waals surface area contributed by atoms with Gasteiger partial charge in [0.15, 0.2) is 11.5 Å². The van der Waals surface area contributed by atoms with Crippen LogP contribution in [-0.2, 0) is 9.47 Å². The lowest BCUT2D eigenvalue weighted by Gasteiger charge is -2.24. The monoisotopic (exact) mass is 514 g/mol. The number of nitrogens with zero attached hydrogens (tertiary/aromatic N) is 6. The highest BCUT2D eigenvalue weighted by Gasteiger charge is 2.29. The van der Waals surface area contributed by atoms with E-state index in [2.05, 4.69) is 20.0 Å². The summed E-state index contributed by atoms with van der Waals surface area (Å²) >= 11 is 0. The number of anilines is 1. The number of ether oxygens (including phenoxy) is 2. The molecule has 1 aliphatic heterocycles. The molecule has 1 aliphatic rings. The van der Waals surface area contributed by atoms with E-state index in [0.717, 1.165) is 5.69 Å². The third kappa shape index (κ3) is 5.36. The minimum absolute atomic E-state index is 0.0102. The molecule has 0 unspecified atom stereocenters. The normalized spacial score (nSPS) is 13.2. The maximum atomic E-state index is 12.8. The fourth-order valence-corrected chi connectivity index (χ4v) is 4.05. The number of carbonyl (C=O) groups is 1. The molecule has 2 aromatic carbocycles. The van der Waals surface area contributed by atoms with Crippen LogP contribution in [0.15, 0.2) is 63.4 Å². The smallest absolute Gasteiger partial charge is 0.335 e. The lowest BCUT2D eigenvalue weighted by Crippen LogP contribution is -2.30. The third-order valence-electron chi connectivity index (χ3n) is 6.01. The van der Waals surface area contributed by atoms with Gasteiger partial charge in [-0.15, -0.1) is 0 Å². The molecule has 1 N–H and O–H groups in total. The van der Waals surface area contributed by atoms with Gasteiger partial charge >= 0.3 is 5.97 Å². The number of aromatic carboxylic acids is 1. The van der Waals surface area contributed by atoms with Crippen molar-refractivity contribution in [2.75, 3.05) is 45.4 Å². The van der Waals surface area contributed by atoms with Gasteiger partial charge in [-0.3, -0.25) is 4.79 Å². The molecule has 0 saturated carbocycles. The van der Waals surface area contributed by atoms with Crippen LogP contribution >= 0.6 is 0 Å². The molecule has 0 aliphatic carbocycles. The molecule has 4 rings (SSSR count). The summed E-state index contributed by atoms with van der Waals surface area (Å²) in [6.07, 6.45) is 0. The number of carboxylic acid groups (broad SMARTS) is 1. The summed E-state index contributed by atoms with van der Waals surface area (Å²) < 4.78 is 11.8. The summed E-state index contributed by atoms with van der Waals surface area (Å²) in [6.45, 7) is 4.07. The van der Waals surface area contributed by atoms with Gasteiger partial charge in [0.05, 0.1) is 30.2 Å². The minimum Gasteiger partial charge on any atom is -0.478 e. The second-order valence-electron chi connectivity index (χ2n) is 8.42. The quantitative estimate of drug-likeness (QED) is 0.435. The van der Waals surface area contributed by atoms with Gasteiger partial charge in [0.1, 0.15) is 11.8 Å². The highest BCUT2D eigenvalue weighted by atomic mass is 16.5. The molecule has 11 heteroatoms. The molecular formula is C27H26N6O5. The van der Waals surface area contributed by atoms with E-state index >= 15 is 0 Å². The molecule has 3 aromatic rings. The number of methoxy groups -OCH3 is 2. The lowest BCUT2D eigenvalue weighted by atomic mass is 10.0. The van der Waals surface area contributed by atoms with Crippen LogP contribution in [0.5, 0.6) is 0 Å². The maximum absolute atomic E-state index is 12.8. The Labute approximate surface area is 218 Å². The second-order valence-corrected chi connectivity index (χ2v) is 8.42. The summed E-state index contributed by atoms with van der Waals surface area (Å²) in [5.74, 6) is -0.990. The molecule has 194 valence electrons. The number of aliphatic imine (C=N–C) groups is 1. The Morgan fingerprint density at radius 1 is 1.13 bits per heavy atom. The highest BCUT2D eigenvalue weighted by molar-refractivity contribution is 6.54. The zero-order chi connectivity index (χ0) is 27.2. The first kappa shape index (κ1) is 26.4. The average molecular weight is 515 g/mol. The zero-order valence-electron chi connectivity index (χ0n) is 21.2. The average Bonchev–Trinajstić information content (AvgIpc) is 3.26. The molecule has 0 spiro atoms. The molecule has 0 amide bonds. The molecular weight excluding hydrogens is 488 g/mol. The van der Waals surface area contributed by atoms with Gasteiger partial charge in [-0.25, -0.2) is 14.5 Å². The van der Waals surface area contributed by atoms with Crippen molar-refractivity contribution in [3.8, 4) is 17.3 Å². The van der Waals surface area contributed by atoms with E-state index in [1.807, 2.05) is 18.2 Å². The van der Waals surface area contributed by atoms with E-state index in [9.17, 15) is 20.0 Å². The van der Waals surface area contributed by atoms with Crippen molar-refractivity contribution >= 4 is 28.8 Å². The largest absolute Gasteiger partial charge is 0.478 e. The maximum Gasteiger partial charge on any atom is 0.335 e. The van der Waals surface area contributed by atoms with Crippen LogP contribution in [0.3, 0.4) is 0 Å². The predicted octanol–water partition coefficient (Wildman–Crippen LogP) is 2.88. The van der Waals surface area contributed by atoms with Crippen molar-refractivity contribution in [2.24, 2.45) is 10.1 Å². The Hall–Kier alpha value is -4.66. The van der Waals surface area contributed by atoms with Crippen molar-refractivity contribution in [3.05, 3.63) is 75.8 Å². The summed E-state index contributed by atoms with van der Waals surface area (Å²) in [6, 6.07) is 15.6. The minimum atomic E-state index is -1.10. The van der Waals surface area contributed by atoms with Gasteiger partial charge in [-0.1, -0.05) is 12.1 Å². The Morgan fingerprint density at radius 2 is 1.82 bits per heavy atom. The highest BCUT2D eigenvalue weighted by Crippen LogP contribution is 2.28. The number of hydrogen-bond donors (Lipinski definition) is 1. The number of benzene rings is 2. The van der Waals surface area contributed by atoms with Crippen LogP contribution in [-0.4, -0.2) is 72.7 Å². The molecule has 11 nitrogen and oxygen atoms in total. The standard InChI is InChI=1S/C27H26N6O5/c1-17-24(18-5-4-6-19(15-18)27(35)36)33-25(30-26(17)34)23(22(16-28)31-33)29-20-7-9-21(10-8-20)32(11-13-37-2)12-14-38-3/h4-10,15H,11-14H2,1-3H3,(H,35,36). The SMILES string of the molecule is COCCN(CCOC)c1ccc(N=C2C(C#N)=Nn3c2nc(=O)c(C)c3-c2cccc(C(=O)O)c2)cc1. The van der Waals surface area contributed by atoms with Gasteiger partial charge in [0.25, 0.3) is 5.56 Å². The van der Waals surface area contributed by atoms with Crippen molar-refractivity contribution in [1.29, 1.82) is 5.26 Å². The topological polar surface area (TPSA) is 142 Å². The Morgan fingerprint density at radius 3 is 2.42 bits per heavy atom. The van der Waals surface area contributed by atoms with E-state index < -0.39 is 11.5 Å². The van der Waals surface area contributed by atoms with E-state index in [-0.39, 0.29) is 28.4 Å². The van der Waals surface area contributed by atoms with Gasteiger partial charge in [-0.05, 0) is 43.3 Å². The molecule has 0 bridgehead atoms. The van der Waals surface area contributed by atoms with Crippen molar-refractivity contribution < 1.29 is 19.4 Å². The van der Waals surface area contributed by atoms with Crippen molar-refractivity contribution in [3.63, 3.8) is 0 Å². The Bertz CT molecular complexity index is 1510. The molecule has 38 heavy (non-hydrogen) atoms. The summed E-state index contributed by atoms with van der Waals surface area (Å²) in [5, 5.41) is 23.6. The van der Waals surface area contributed by atoms with Crippen LogP contribution < -0.4 is 10.5 Å². The summed E-state index contributed by atoms with van der Waals surface area (Å²) in [7, 11) is 3.30. The first-order chi connectivity index (χ1) is 18.4. The van der Waals surface area contributed by atoms with Crippen LogP contribution in [0, 0.1) is 18.3 Å². The fourth-order valence-electron chi connectivity index (χ4n) is 4.05. The zero-order valence-corrected chi connectivity index (χ0v) is 21.2. The van der Waals surface area contributed by atoms with Crippen molar-refractivity contribution in [1.82, 2.24) is 9.66 Å². The fraction of sp³-hybridized carbons (Fsp3) is 0.259. The van der Waals surface area contributed by atoms with E-state index in [4.69, 9.17) is 9.47 Å². The molecule has 2 heterocycles.